The molecule has 1 saturated carbocycles. The summed E-state index contributed by atoms with van der Waals surface area (Å²) in [6.07, 6.45) is 4.17. The zero-order valence-electron chi connectivity index (χ0n) is 22.4. The number of rotatable bonds is 6. The summed E-state index contributed by atoms with van der Waals surface area (Å²) >= 11 is 0. The SMILES string of the molecule is COc1ccc(C)c([C@]23CCN(CC4CC4)[C@H](C)[C@]2(O)Cc2cc(C(=O)c4ccccc4)c(=O)[nH]c2C3)c1. The molecule has 6 nitrogen and oxygen atoms in total. The molecule has 0 unspecified atom stereocenters. The molecular weight excluding hydrogens is 476 g/mol. The van der Waals surface area contributed by atoms with E-state index >= 15 is 0 Å². The first kappa shape index (κ1) is 25.1. The summed E-state index contributed by atoms with van der Waals surface area (Å²) in [4.78, 5) is 32.0. The molecule has 1 aromatic heterocycles. The van der Waals surface area contributed by atoms with E-state index in [0.29, 0.717) is 18.4 Å². The molecule has 2 aliphatic carbocycles. The lowest BCUT2D eigenvalue weighted by atomic mass is 9.53. The van der Waals surface area contributed by atoms with Gasteiger partial charge in [0.15, 0.2) is 5.78 Å². The van der Waals surface area contributed by atoms with Crippen LogP contribution < -0.4 is 10.3 Å². The number of fused-ring (bicyclic) bond motifs is 2. The number of ether oxygens (including phenoxy) is 1. The molecule has 3 aromatic rings. The van der Waals surface area contributed by atoms with E-state index in [1.165, 1.54) is 12.8 Å². The van der Waals surface area contributed by atoms with Crippen LogP contribution in [0.15, 0.2) is 59.4 Å². The van der Waals surface area contributed by atoms with Gasteiger partial charge in [-0.2, -0.15) is 0 Å². The number of aromatic nitrogens is 1. The Hall–Kier alpha value is -3.22. The largest absolute Gasteiger partial charge is 0.497 e. The fourth-order valence-electron chi connectivity index (χ4n) is 7.03. The fourth-order valence-corrected chi connectivity index (χ4v) is 7.03. The standard InChI is InChI=1S/C32H36N2O4/c1-20-9-12-25(38-3)16-27(20)31-13-14-34(19-22-10-11-22)21(2)32(31,37)17-24-15-26(30(36)33-28(24)18-31)29(35)23-7-5-4-6-8-23/h4-9,12,15-16,21-22,37H,10-11,13-14,17-19H2,1-3H3,(H,33,36)/t21-,31-,32-/m1/s1. The highest BCUT2D eigenvalue weighted by Crippen LogP contribution is 2.54. The second kappa shape index (κ2) is 9.21. The molecule has 2 aromatic carbocycles. The predicted molar refractivity (Wildman–Crippen MR) is 147 cm³/mol. The van der Waals surface area contributed by atoms with Crippen LogP contribution in [0.4, 0.5) is 0 Å². The van der Waals surface area contributed by atoms with Crippen LogP contribution in [0.2, 0.25) is 0 Å². The quantitative estimate of drug-likeness (QED) is 0.484. The van der Waals surface area contributed by atoms with E-state index in [1.54, 1.807) is 37.4 Å². The molecule has 2 heterocycles. The van der Waals surface area contributed by atoms with Gasteiger partial charge < -0.3 is 14.8 Å². The third-order valence-corrected chi connectivity index (χ3v) is 9.48. The lowest BCUT2D eigenvalue weighted by molar-refractivity contribution is -0.139. The first-order valence-electron chi connectivity index (χ1n) is 13.7. The van der Waals surface area contributed by atoms with Crippen LogP contribution in [-0.4, -0.2) is 52.6 Å². The van der Waals surface area contributed by atoms with Crippen molar-refractivity contribution in [1.82, 2.24) is 9.88 Å². The van der Waals surface area contributed by atoms with Gasteiger partial charge in [-0.25, -0.2) is 0 Å². The molecule has 6 rings (SSSR count). The van der Waals surface area contributed by atoms with E-state index in [1.807, 2.05) is 12.1 Å². The van der Waals surface area contributed by atoms with Crippen LogP contribution in [0.25, 0.3) is 0 Å². The lowest BCUT2D eigenvalue weighted by Crippen LogP contribution is -2.71. The van der Waals surface area contributed by atoms with Gasteiger partial charge in [0.2, 0.25) is 0 Å². The van der Waals surface area contributed by atoms with E-state index in [-0.39, 0.29) is 22.9 Å². The Labute approximate surface area is 223 Å². The maximum atomic E-state index is 13.3. The smallest absolute Gasteiger partial charge is 0.259 e. The van der Waals surface area contributed by atoms with Crippen molar-refractivity contribution in [2.24, 2.45) is 5.92 Å². The normalized spacial score (nSPS) is 26.9. The van der Waals surface area contributed by atoms with Gasteiger partial charge in [-0.05, 0) is 80.5 Å². The van der Waals surface area contributed by atoms with Crippen molar-refractivity contribution in [3.8, 4) is 5.75 Å². The van der Waals surface area contributed by atoms with E-state index < -0.39 is 11.0 Å². The number of carbonyl (C=O) groups is 1. The third-order valence-electron chi connectivity index (χ3n) is 9.48. The number of aromatic amines is 1. The molecule has 3 aliphatic rings. The molecule has 0 radical (unpaired) electrons. The molecule has 0 amide bonds. The van der Waals surface area contributed by atoms with Crippen molar-refractivity contribution >= 4 is 5.78 Å². The van der Waals surface area contributed by atoms with Gasteiger partial charge >= 0.3 is 0 Å². The average molecular weight is 513 g/mol. The van der Waals surface area contributed by atoms with Crippen molar-refractivity contribution in [1.29, 1.82) is 0 Å². The molecule has 6 heteroatoms. The maximum absolute atomic E-state index is 13.3. The number of ketones is 1. The zero-order chi connectivity index (χ0) is 26.7. The number of nitrogens with zero attached hydrogens (tertiary/aromatic N) is 1. The van der Waals surface area contributed by atoms with Crippen molar-refractivity contribution < 1.29 is 14.6 Å². The van der Waals surface area contributed by atoms with E-state index in [4.69, 9.17) is 4.74 Å². The van der Waals surface area contributed by atoms with Crippen molar-refractivity contribution in [2.45, 2.75) is 63.0 Å². The number of methoxy groups -OCH3 is 1. The number of aliphatic hydroxyl groups is 1. The summed E-state index contributed by atoms with van der Waals surface area (Å²) in [7, 11) is 1.66. The Bertz CT molecular complexity index is 1440. The maximum Gasteiger partial charge on any atom is 0.259 e. The van der Waals surface area contributed by atoms with Gasteiger partial charge in [0, 0.05) is 42.1 Å². The molecule has 0 spiro atoms. The number of pyridine rings is 1. The predicted octanol–water partition coefficient (Wildman–Crippen LogP) is 4.19. The summed E-state index contributed by atoms with van der Waals surface area (Å²) in [6, 6.07) is 16.6. The number of aryl methyl sites for hydroxylation is 1. The summed E-state index contributed by atoms with van der Waals surface area (Å²) in [5, 5.41) is 12.9. The highest BCUT2D eigenvalue weighted by atomic mass is 16.5. The Morgan fingerprint density at radius 3 is 2.61 bits per heavy atom. The van der Waals surface area contributed by atoms with Gasteiger partial charge in [-0.1, -0.05) is 36.4 Å². The highest BCUT2D eigenvalue weighted by Gasteiger charge is 2.61. The topological polar surface area (TPSA) is 82.6 Å². The number of benzene rings is 2. The van der Waals surface area contributed by atoms with E-state index in [2.05, 4.69) is 35.9 Å². The zero-order valence-corrected chi connectivity index (χ0v) is 22.4. The molecule has 198 valence electrons. The second-order valence-corrected chi connectivity index (χ2v) is 11.6. The molecule has 2 fully saturated rings. The molecule has 1 saturated heterocycles. The van der Waals surface area contributed by atoms with Crippen molar-refractivity contribution in [2.75, 3.05) is 20.2 Å². The number of nitrogens with one attached hydrogen (secondary N) is 1. The summed E-state index contributed by atoms with van der Waals surface area (Å²) in [5.41, 5.74) is 2.40. The second-order valence-electron chi connectivity index (χ2n) is 11.6. The van der Waals surface area contributed by atoms with Crippen LogP contribution in [0.1, 0.15) is 64.5 Å². The monoisotopic (exact) mass is 512 g/mol. The lowest BCUT2D eigenvalue weighted by Gasteiger charge is -2.60. The van der Waals surface area contributed by atoms with Gasteiger partial charge in [0.05, 0.1) is 18.3 Å². The number of likely N-dealkylation sites (tertiary alicyclic amines) is 1. The van der Waals surface area contributed by atoms with Crippen molar-refractivity contribution in [3.05, 3.63) is 98.5 Å². The molecule has 3 atom stereocenters. The Kier molecular flexibility index (Phi) is 6.08. The summed E-state index contributed by atoms with van der Waals surface area (Å²) in [6.45, 7) is 6.14. The van der Waals surface area contributed by atoms with Crippen LogP contribution in [0.3, 0.4) is 0 Å². The minimum atomic E-state index is -1.09. The highest BCUT2D eigenvalue weighted by molar-refractivity contribution is 6.08. The van der Waals surface area contributed by atoms with E-state index in [0.717, 1.165) is 53.6 Å². The fraction of sp³-hybridized carbons (Fsp3) is 0.438. The van der Waals surface area contributed by atoms with Crippen LogP contribution in [-0.2, 0) is 18.3 Å². The minimum absolute atomic E-state index is 0.0872. The molecule has 38 heavy (non-hydrogen) atoms. The summed E-state index contributed by atoms with van der Waals surface area (Å²) < 4.78 is 5.60. The first-order valence-corrected chi connectivity index (χ1v) is 13.7. The molecule has 2 N–H and O–H groups in total. The molecular formula is C32H36N2O4. The summed E-state index contributed by atoms with van der Waals surface area (Å²) in [5.74, 6) is 1.18. The third kappa shape index (κ3) is 3.93. The number of hydrogen-bond acceptors (Lipinski definition) is 5. The Morgan fingerprint density at radius 1 is 1.13 bits per heavy atom. The molecule has 1 aliphatic heterocycles. The van der Waals surface area contributed by atoms with Crippen LogP contribution >= 0.6 is 0 Å². The first-order chi connectivity index (χ1) is 18.3. The van der Waals surface area contributed by atoms with Crippen LogP contribution in [0, 0.1) is 12.8 Å². The number of carbonyl (C=O) groups excluding carboxylic acids is 1. The Balaban J connectivity index is 1.49. The van der Waals surface area contributed by atoms with Gasteiger partial charge in [-0.3, -0.25) is 14.5 Å². The average Bonchev–Trinajstić information content (AvgIpc) is 3.74. The van der Waals surface area contributed by atoms with E-state index in [9.17, 15) is 14.7 Å². The number of hydrogen-bond donors (Lipinski definition) is 2. The van der Waals surface area contributed by atoms with Gasteiger partial charge in [0.1, 0.15) is 5.75 Å². The van der Waals surface area contributed by atoms with Crippen molar-refractivity contribution in [3.63, 3.8) is 0 Å². The number of H-pyrrole nitrogens is 1. The molecule has 0 bridgehead atoms. The Morgan fingerprint density at radius 2 is 1.89 bits per heavy atom. The minimum Gasteiger partial charge on any atom is -0.497 e. The number of piperidine rings is 1. The van der Waals surface area contributed by atoms with Gasteiger partial charge in [0.25, 0.3) is 5.56 Å². The van der Waals surface area contributed by atoms with Gasteiger partial charge in [-0.15, -0.1) is 0 Å². The van der Waals surface area contributed by atoms with Crippen LogP contribution in [0.5, 0.6) is 5.75 Å².